The largest absolute Gasteiger partial charge is 0.462 e. The molecule has 0 aliphatic carbocycles. The average molecular weight is 266 g/mol. The topological polar surface area (TPSA) is 67.2 Å². The van der Waals surface area contributed by atoms with Crippen LogP contribution >= 0.6 is 11.6 Å². The molecule has 0 heterocycles. The molecule has 0 saturated carbocycles. The van der Waals surface area contributed by atoms with Crippen molar-refractivity contribution in [2.75, 3.05) is 12.5 Å². The van der Waals surface area contributed by atoms with Crippen molar-refractivity contribution in [2.45, 2.75) is 13.3 Å². The first-order valence-electron chi connectivity index (χ1n) is 5.40. The molecule has 5 heteroatoms. The second kappa shape index (κ2) is 6.77. The number of carbonyl (C=O) groups excluding carboxylic acids is 2. The summed E-state index contributed by atoms with van der Waals surface area (Å²) in [7, 11) is 0. The molecular weight excluding hydrogens is 254 g/mol. The molecule has 0 unspecified atom stereocenters. The van der Waals surface area contributed by atoms with E-state index >= 15 is 0 Å². The summed E-state index contributed by atoms with van der Waals surface area (Å²) >= 11 is 5.41. The third-order valence-corrected chi connectivity index (χ3v) is 2.55. The van der Waals surface area contributed by atoms with Crippen molar-refractivity contribution in [1.82, 2.24) is 0 Å². The summed E-state index contributed by atoms with van der Waals surface area (Å²) in [5, 5.41) is 8.98. The highest BCUT2D eigenvalue weighted by Crippen LogP contribution is 2.13. The smallest absolute Gasteiger partial charge is 0.339 e. The molecule has 0 saturated heterocycles. The van der Waals surface area contributed by atoms with Crippen LogP contribution in [0.3, 0.4) is 0 Å². The lowest BCUT2D eigenvalue weighted by Gasteiger charge is -2.05. The lowest BCUT2D eigenvalue weighted by atomic mass is 10.0. The number of carbonyl (C=O) groups is 2. The molecule has 0 atom stereocenters. The minimum atomic E-state index is -0.538. The van der Waals surface area contributed by atoms with Crippen LogP contribution in [0.15, 0.2) is 18.2 Å². The van der Waals surface area contributed by atoms with Gasteiger partial charge in [0.25, 0.3) is 0 Å². The van der Waals surface area contributed by atoms with Crippen LogP contribution < -0.4 is 0 Å². The molecule has 18 heavy (non-hydrogen) atoms. The van der Waals surface area contributed by atoms with Gasteiger partial charge in [-0.1, -0.05) is 6.07 Å². The molecule has 0 radical (unpaired) electrons. The van der Waals surface area contributed by atoms with Crippen molar-refractivity contribution in [3.63, 3.8) is 0 Å². The van der Waals surface area contributed by atoms with Crippen LogP contribution in [0.1, 0.15) is 28.4 Å². The number of hydrogen-bond donors (Lipinski definition) is 0. The number of esters is 1. The average Bonchev–Trinajstić information content (AvgIpc) is 2.38. The molecule has 94 valence electrons. The Morgan fingerprint density at radius 3 is 2.72 bits per heavy atom. The summed E-state index contributed by atoms with van der Waals surface area (Å²) in [6.07, 6.45) is 0.154. The molecule has 0 aliphatic rings. The maximum atomic E-state index is 11.6. The third kappa shape index (κ3) is 3.57. The zero-order valence-corrected chi connectivity index (χ0v) is 10.7. The number of nitriles is 1. The first-order valence-corrected chi connectivity index (χ1v) is 5.93. The Morgan fingerprint density at radius 2 is 2.17 bits per heavy atom. The molecule has 0 spiro atoms. The second-order valence-electron chi connectivity index (χ2n) is 3.56. The van der Waals surface area contributed by atoms with E-state index in [2.05, 4.69) is 0 Å². The van der Waals surface area contributed by atoms with E-state index < -0.39 is 5.97 Å². The monoisotopic (exact) mass is 265 g/mol. The highest BCUT2D eigenvalue weighted by atomic mass is 35.5. The number of hydrogen-bond acceptors (Lipinski definition) is 4. The summed E-state index contributed by atoms with van der Waals surface area (Å²) in [5.74, 6) is -0.740. The predicted octanol–water partition coefficient (Wildman–Crippen LogP) is 2.09. The Bertz CT molecular complexity index is 505. The molecule has 0 N–H and O–H groups in total. The van der Waals surface area contributed by atoms with Gasteiger partial charge in [0.2, 0.25) is 0 Å². The second-order valence-corrected chi connectivity index (χ2v) is 3.83. The maximum absolute atomic E-state index is 11.6. The first-order chi connectivity index (χ1) is 8.62. The van der Waals surface area contributed by atoms with Crippen LogP contribution in [0.5, 0.6) is 0 Å². The van der Waals surface area contributed by atoms with Crippen molar-refractivity contribution < 1.29 is 14.3 Å². The third-order valence-electron chi connectivity index (χ3n) is 2.25. The number of halogens is 1. The van der Waals surface area contributed by atoms with E-state index in [9.17, 15) is 9.59 Å². The Hall–Kier alpha value is -1.86. The molecule has 0 amide bonds. The summed E-state index contributed by atoms with van der Waals surface area (Å²) in [6, 6.07) is 6.55. The number of Topliss-reactive ketones (excluding diaryl/α,β-unsaturated/α-hetero) is 1. The predicted molar refractivity (Wildman–Crippen MR) is 66.5 cm³/mol. The molecule has 4 nitrogen and oxygen atoms in total. The number of alkyl halides is 1. The van der Waals surface area contributed by atoms with E-state index in [0.717, 1.165) is 0 Å². The van der Waals surface area contributed by atoms with Gasteiger partial charge in [0.05, 0.1) is 23.6 Å². The van der Waals surface area contributed by atoms with Crippen molar-refractivity contribution >= 4 is 23.4 Å². The van der Waals surface area contributed by atoms with Gasteiger partial charge in [0, 0.05) is 6.42 Å². The van der Waals surface area contributed by atoms with Crippen molar-refractivity contribution in [3.05, 3.63) is 34.9 Å². The Kier molecular flexibility index (Phi) is 5.34. The molecule has 0 bridgehead atoms. The fraction of sp³-hybridized carbons (Fsp3) is 0.308. The van der Waals surface area contributed by atoms with Gasteiger partial charge in [-0.25, -0.2) is 4.79 Å². The zero-order valence-electron chi connectivity index (χ0n) is 9.90. The van der Waals surface area contributed by atoms with E-state index in [1.165, 1.54) is 12.1 Å². The Balaban J connectivity index is 3.01. The molecule has 1 aromatic carbocycles. The van der Waals surface area contributed by atoms with Crippen LogP contribution in [0.4, 0.5) is 0 Å². The fourth-order valence-corrected chi connectivity index (χ4v) is 1.55. The van der Waals surface area contributed by atoms with Crippen molar-refractivity contribution in [1.29, 1.82) is 5.26 Å². The van der Waals surface area contributed by atoms with Gasteiger partial charge >= 0.3 is 5.97 Å². The van der Waals surface area contributed by atoms with Gasteiger partial charge in [0.1, 0.15) is 6.07 Å². The van der Waals surface area contributed by atoms with Gasteiger partial charge in [-0.2, -0.15) is 5.26 Å². The lowest BCUT2D eigenvalue weighted by Crippen LogP contribution is -2.09. The van der Waals surface area contributed by atoms with Crippen LogP contribution in [-0.4, -0.2) is 24.2 Å². The summed E-state index contributed by atoms with van der Waals surface area (Å²) in [4.78, 5) is 22.7. The van der Waals surface area contributed by atoms with E-state index in [0.29, 0.717) is 5.56 Å². The molecule has 1 rings (SSSR count). The number of benzene rings is 1. The van der Waals surface area contributed by atoms with E-state index in [1.807, 2.05) is 6.07 Å². The van der Waals surface area contributed by atoms with Crippen molar-refractivity contribution in [2.24, 2.45) is 0 Å². The summed E-state index contributed by atoms with van der Waals surface area (Å²) in [6.45, 7) is 1.94. The fourth-order valence-electron chi connectivity index (χ4n) is 1.46. The van der Waals surface area contributed by atoms with Crippen LogP contribution in [-0.2, 0) is 16.0 Å². The quantitative estimate of drug-likeness (QED) is 0.604. The summed E-state index contributed by atoms with van der Waals surface area (Å²) in [5.41, 5.74) is 1.07. The SMILES string of the molecule is CCOC(=O)c1ccc(CC(=O)CCl)cc1C#N. The number of ether oxygens (including phenoxy) is 1. The zero-order chi connectivity index (χ0) is 13.5. The minimum Gasteiger partial charge on any atom is -0.462 e. The number of rotatable bonds is 5. The maximum Gasteiger partial charge on any atom is 0.339 e. The highest BCUT2D eigenvalue weighted by molar-refractivity contribution is 6.27. The highest BCUT2D eigenvalue weighted by Gasteiger charge is 2.13. The standard InChI is InChI=1S/C13H12ClNO3/c1-2-18-13(17)12-4-3-9(5-10(12)8-15)6-11(16)7-14/h3-5H,2,6-7H2,1H3. The minimum absolute atomic E-state index is 0.0679. The molecule has 0 aliphatic heterocycles. The molecule has 1 aromatic rings. The summed E-state index contributed by atoms with van der Waals surface area (Å²) < 4.78 is 4.83. The molecule has 0 fully saturated rings. The van der Waals surface area contributed by atoms with E-state index in [-0.39, 0.29) is 35.8 Å². The van der Waals surface area contributed by atoms with E-state index in [4.69, 9.17) is 21.6 Å². The van der Waals surface area contributed by atoms with Gasteiger partial charge < -0.3 is 4.74 Å². The first kappa shape index (κ1) is 14.2. The normalized spacial score (nSPS) is 9.61. The van der Waals surface area contributed by atoms with Gasteiger partial charge in [0.15, 0.2) is 5.78 Å². The lowest BCUT2D eigenvalue weighted by molar-refractivity contribution is -0.116. The van der Waals surface area contributed by atoms with Crippen LogP contribution in [0, 0.1) is 11.3 Å². The molecular formula is C13H12ClNO3. The Morgan fingerprint density at radius 1 is 1.44 bits per heavy atom. The van der Waals surface area contributed by atoms with Crippen LogP contribution in [0.25, 0.3) is 0 Å². The molecule has 0 aromatic heterocycles. The van der Waals surface area contributed by atoms with Gasteiger partial charge in [-0.15, -0.1) is 11.6 Å². The van der Waals surface area contributed by atoms with E-state index in [1.54, 1.807) is 13.0 Å². The van der Waals surface area contributed by atoms with Crippen molar-refractivity contribution in [3.8, 4) is 6.07 Å². The van der Waals surface area contributed by atoms with Gasteiger partial charge in [-0.05, 0) is 24.6 Å². The number of nitrogens with zero attached hydrogens (tertiary/aromatic N) is 1. The Labute approximate surface area is 110 Å². The van der Waals surface area contributed by atoms with Gasteiger partial charge in [-0.3, -0.25) is 4.79 Å². The van der Waals surface area contributed by atoms with Crippen LogP contribution in [0.2, 0.25) is 0 Å². The number of ketones is 1.